The van der Waals surface area contributed by atoms with Gasteiger partial charge in [0.05, 0.1) is 16.2 Å². The van der Waals surface area contributed by atoms with E-state index in [1.54, 1.807) is 10.7 Å². The van der Waals surface area contributed by atoms with E-state index in [1.807, 2.05) is 27.8 Å². The molecule has 0 saturated carbocycles. The van der Waals surface area contributed by atoms with E-state index < -0.39 is 12.0 Å². The number of thiophene rings is 1. The normalized spacial score (nSPS) is 13.3. The highest BCUT2D eigenvalue weighted by Crippen LogP contribution is 2.31. The van der Waals surface area contributed by atoms with Gasteiger partial charge >= 0.3 is 5.97 Å². The quantitative estimate of drug-likeness (QED) is 0.768. The third kappa shape index (κ3) is 4.82. The molecule has 0 spiro atoms. The van der Waals surface area contributed by atoms with E-state index >= 15 is 0 Å². The summed E-state index contributed by atoms with van der Waals surface area (Å²) in [5.74, 6) is -1.21. The van der Waals surface area contributed by atoms with Gasteiger partial charge in [-0.05, 0) is 32.8 Å². The summed E-state index contributed by atoms with van der Waals surface area (Å²) in [4.78, 5) is 25.4. The van der Waals surface area contributed by atoms with E-state index in [0.29, 0.717) is 4.88 Å². The summed E-state index contributed by atoms with van der Waals surface area (Å²) in [6.07, 6.45) is 0.210. The summed E-state index contributed by atoms with van der Waals surface area (Å²) in [6.45, 7) is 10.1. The molecule has 26 heavy (non-hydrogen) atoms. The Morgan fingerprint density at radius 2 is 2.04 bits per heavy atom. The summed E-state index contributed by atoms with van der Waals surface area (Å²) < 4.78 is 7.33. The lowest BCUT2D eigenvalue weighted by atomic mass is 10.1. The Kier molecular flexibility index (Phi) is 6.08. The number of aryl methyl sites for hydroxylation is 1. The van der Waals surface area contributed by atoms with Crippen LogP contribution in [0.2, 0.25) is 0 Å². The predicted octanol–water partition coefficient (Wildman–Crippen LogP) is 3.15. The minimum absolute atomic E-state index is 0.210. The first-order chi connectivity index (χ1) is 12.0. The molecule has 0 radical (unpaired) electrons. The zero-order chi connectivity index (χ0) is 19.6. The minimum atomic E-state index is -1.07. The van der Waals surface area contributed by atoms with Gasteiger partial charge in [0.25, 0.3) is 5.91 Å². The van der Waals surface area contributed by atoms with E-state index in [0.717, 1.165) is 15.9 Å². The van der Waals surface area contributed by atoms with Crippen molar-refractivity contribution in [1.82, 2.24) is 15.1 Å². The second kappa shape index (κ2) is 7.75. The number of hydrogen-bond acceptors (Lipinski definition) is 5. The molecule has 1 amide bonds. The number of carbonyl (C=O) groups is 2. The SMILES string of the molecule is CC(C)c1nn(C)c2sc(C(=O)NC(CCOC(C)(C)C)C(=O)O)cc12. The molecule has 0 fully saturated rings. The summed E-state index contributed by atoms with van der Waals surface area (Å²) >= 11 is 1.32. The molecule has 2 aromatic rings. The van der Waals surface area contributed by atoms with Crippen molar-refractivity contribution in [3.8, 4) is 0 Å². The lowest BCUT2D eigenvalue weighted by Gasteiger charge is -2.21. The van der Waals surface area contributed by atoms with Crippen LogP contribution in [0.4, 0.5) is 0 Å². The fraction of sp³-hybridized carbons (Fsp3) is 0.611. The predicted molar refractivity (Wildman–Crippen MR) is 102 cm³/mol. The molecule has 1 unspecified atom stereocenters. The Balaban J connectivity index is 2.13. The fourth-order valence-electron chi connectivity index (χ4n) is 2.57. The van der Waals surface area contributed by atoms with Gasteiger partial charge in [-0.2, -0.15) is 5.10 Å². The Labute approximate surface area is 157 Å². The minimum Gasteiger partial charge on any atom is -0.480 e. The van der Waals surface area contributed by atoms with Crippen molar-refractivity contribution in [2.75, 3.05) is 6.61 Å². The van der Waals surface area contributed by atoms with E-state index in [4.69, 9.17) is 4.74 Å². The van der Waals surface area contributed by atoms with Gasteiger partial charge in [-0.25, -0.2) is 4.79 Å². The number of nitrogens with one attached hydrogen (secondary N) is 1. The van der Waals surface area contributed by atoms with Crippen LogP contribution in [0.25, 0.3) is 10.2 Å². The topological polar surface area (TPSA) is 93.5 Å². The van der Waals surface area contributed by atoms with E-state index in [2.05, 4.69) is 24.3 Å². The van der Waals surface area contributed by atoms with Crippen LogP contribution in [0.1, 0.15) is 62.3 Å². The summed E-state index contributed by atoms with van der Waals surface area (Å²) in [6, 6.07) is 0.806. The van der Waals surface area contributed by atoms with Crippen LogP contribution in [0, 0.1) is 0 Å². The maximum atomic E-state index is 12.5. The molecule has 2 heterocycles. The molecule has 2 rings (SSSR count). The van der Waals surface area contributed by atoms with E-state index in [1.165, 1.54) is 11.3 Å². The molecule has 144 valence electrons. The van der Waals surface area contributed by atoms with Crippen molar-refractivity contribution in [3.05, 3.63) is 16.6 Å². The number of carboxylic acids is 1. The molecule has 2 N–H and O–H groups in total. The second-order valence-electron chi connectivity index (χ2n) is 7.61. The average molecular weight is 381 g/mol. The molecule has 0 aliphatic heterocycles. The van der Waals surface area contributed by atoms with Crippen molar-refractivity contribution < 1.29 is 19.4 Å². The second-order valence-corrected chi connectivity index (χ2v) is 8.64. The molecule has 0 aliphatic carbocycles. The summed E-state index contributed by atoms with van der Waals surface area (Å²) in [5.41, 5.74) is 0.588. The van der Waals surface area contributed by atoms with Gasteiger partial charge < -0.3 is 15.2 Å². The van der Waals surface area contributed by atoms with Gasteiger partial charge in [-0.15, -0.1) is 11.3 Å². The van der Waals surface area contributed by atoms with E-state index in [-0.39, 0.29) is 30.5 Å². The maximum Gasteiger partial charge on any atom is 0.326 e. The third-order valence-corrected chi connectivity index (χ3v) is 5.06. The number of amides is 1. The highest BCUT2D eigenvalue weighted by molar-refractivity contribution is 7.20. The number of carbonyl (C=O) groups excluding carboxylic acids is 1. The van der Waals surface area contributed by atoms with Gasteiger partial charge in [0.1, 0.15) is 10.9 Å². The van der Waals surface area contributed by atoms with Gasteiger partial charge in [-0.3, -0.25) is 9.48 Å². The Morgan fingerprint density at radius 3 is 2.58 bits per heavy atom. The lowest BCUT2D eigenvalue weighted by molar-refractivity contribution is -0.140. The average Bonchev–Trinajstić information content (AvgIpc) is 3.05. The molecule has 0 bridgehead atoms. The summed E-state index contributed by atoms with van der Waals surface area (Å²) in [7, 11) is 1.84. The zero-order valence-corrected chi connectivity index (χ0v) is 16.9. The Morgan fingerprint density at radius 1 is 1.38 bits per heavy atom. The Hall–Kier alpha value is -1.93. The lowest BCUT2D eigenvalue weighted by Crippen LogP contribution is -2.41. The number of aliphatic carboxylic acids is 1. The first-order valence-corrected chi connectivity index (χ1v) is 9.45. The number of ether oxygens (including phenoxy) is 1. The number of fused-ring (bicyclic) bond motifs is 1. The number of hydrogen-bond donors (Lipinski definition) is 2. The fourth-order valence-corrected chi connectivity index (χ4v) is 3.56. The van der Waals surface area contributed by atoms with Gasteiger partial charge in [0, 0.05) is 25.5 Å². The number of aromatic nitrogens is 2. The standard InChI is InChI=1S/C18H27N3O4S/c1-10(2)14-11-9-13(26-16(11)21(6)20-14)15(22)19-12(17(23)24)7-8-25-18(3,4)5/h9-10,12H,7-8H2,1-6H3,(H,19,22)(H,23,24). The monoisotopic (exact) mass is 381 g/mol. The van der Waals surface area contributed by atoms with Crippen LogP contribution in [-0.4, -0.2) is 45.0 Å². The molecule has 1 atom stereocenters. The number of nitrogens with zero attached hydrogens (tertiary/aromatic N) is 2. The number of carboxylic acid groups (broad SMARTS) is 1. The highest BCUT2D eigenvalue weighted by Gasteiger charge is 2.24. The first kappa shape index (κ1) is 20.4. The summed E-state index contributed by atoms with van der Waals surface area (Å²) in [5, 5.41) is 17.4. The van der Waals surface area contributed by atoms with Crippen LogP contribution in [0.5, 0.6) is 0 Å². The molecule has 7 nitrogen and oxygen atoms in total. The first-order valence-electron chi connectivity index (χ1n) is 8.63. The van der Waals surface area contributed by atoms with Crippen LogP contribution >= 0.6 is 11.3 Å². The molecular formula is C18H27N3O4S. The van der Waals surface area contributed by atoms with Crippen molar-refractivity contribution in [2.24, 2.45) is 7.05 Å². The maximum absolute atomic E-state index is 12.5. The molecule has 0 saturated heterocycles. The van der Waals surface area contributed by atoms with Crippen molar-refractivity contribution in [3.63, 3.8) is 0 Å². The van der Waals surface area contributed by atoms with Gasteiger partial charge in [-0.1, -0.05) is 13.8 Å². The smallest absolute Gasteiger partial charge is 0.326 e. The highest BCUT2D eigenvalue weighted by atomic mass is 32.1. The van der Waals surface area contributed by atoms with E-state index in [9.17, 15) is 14.7 Å². The van der Waals surface area contributed by atoms with Crippen molar-refractivity contribution in [2.45, 2.75) is 58.6 Å². The van der Waals surface area contributed by atoms with Crippen LogP contribution < -0.4 is 5.32 Å². The van der Waals surface area contributed by atoms with Crippen LogP contribution in [0.3, 0.4) is 0 Å². The molecule has 0 aromatic carbocycles. The van der Waals surface area contributed by atoms with Gasteiger partial charge in [0.15, 0.2) is 0 Å². The van der Waals surface area contributed by atoms with Crippen molar-refractivity contribution in [1.29, 1.82) is 0 Å². The van der Waals surface area contributed by atoms with Crippen LogP contribution in [0.15, 0.2) is 6.07 Å². The molecule has 0 aliphatic rings. The zero-order valence-electron chi connectivity index (χ0n) is 16.1. The largest absolute Gasteiger partial charge is 0.480 e. The number of rotatable bonds is 7. The molecule has 8 heteroatoms. The van der Waals surface area contributed by atoms with Gasteiger partial charge in [0.2, 0.25) is 0 Å². The molecular weight excluding hydrogens is 354 g/mol. The third-order valence-electron chi connectivity index (χ3n) is 3.86. The molecule has 2 aromatic heterocycles. The Bertz CT molecular complexity index is 801. The van der Waals surface area contributed by atoms with Crippen molar-refractivity contribution >= 4 is 33.4 Å². The van der Waals surface area contributed by atoms with Crippen LogP contribution in [-0.2, 0) is 16.6 Å².